The highest BCUT2D eigenvalue weighted by molar-refractivity contribution is 5.75. The number of rotatable bonds is 3. The maximum absolute atomic E-state index is 12.7. The summed E-state index contributed by atoms with van der Waals surface area (Å²) in [4.78, 5) is 14.3. The van der Waals surface area contributed by atoms with Gasteiger partial charge in [0.2, 0.25) is 5.95 Å². The number of amides is 2. The number of benzene rings is 1. The molecule has 2 rings (SSSR count). The third kappa shape index (κ3) is 3.32. The summed E-state index contributed by atoms with van der Waals surface area (Å²) >= 11 is 0. The number of carbonyl (C=O) groups excluding carboxylic acids is 1. The second-order valence-corrected chi connectivity index (χ2v) is 3.61. The average molecular weight is 259 g/mol. The molecule has 0 radical (unpaired) electrons. The number of nitrogens with one attached hydrogen (secondary N) is 3. The van der Waals surface area contributed by atoms with Gasteiger partial charge in [0.25, 0.3) is 0 Å². The van der Waals surface area contributed by atoms with Crippen LogP contribution in [-0.2, 0) is 0 Å². The van der Waals surface area contributed by atoms with Gasteiger partial charge in [0.1, 0.15) is 0 Å². The Morgan fingerprint density at radius 1 is 1.16 bits per heavy atom. The fraction of sp³-hybridized carbons (Fsp3) is 0. The number of halogens is 1. The van der Waals surface area contributed by atoms with Crippen molar-refractivity contribution in [2.24, 2.45) is 5.11 Å². The van der Waals surface area contributed by atoms with E-state index < -0.39 is 12.0 Å². The summed E-state index contributed by atoms with van der Waals surface area (Å²) in [5.74, 6) is -0.524. The number of anilines is 1. The second kappa shape index (κ2) is 5.67. The first-order chi connectivity index (χ1) is 9.19. The van der Waals surface area contributed by atoms with Crippen LogP contribution in [0.1, 0.15) is 0 Å². The van der Waals surface area contributed by atoms with Gasteiger partial charge < -0.3 is 0 Å². The zero-order valence-corrected chi connectivity index (χ0v) is 9.72. The largest absolute Gasteiger partial charge is 0.377 e. The van der Waals surface area contributed by atoms with Crippen LogP contribution in [0.4, 0.5) is 14.9 Å². The van der Waals surface area contributed by atoms with Gasteiger partial charge in [0, 0.05) is 11.8 Å². The molecular weight excluding hydrogens is 249 g/mol. The molecule has 1 heterocycles. The number of urea groups is 1. The minimum atomic E-state index is -0.785. The van der Waals surface area contributed by atoms with Gasteiger partial charge in [-0.25, -0.2) is 15.2 Å². The van der Waals surface area contributed by atoms with Crippen LogP contribution < -0.4 is 10.9 Å². The summed E-state index contributed by atoms with van der Waals surface area (Å²) < 4.78 is 12.7. The molecule has 2 aromatic rings. The van der Waals surface area contributed by atoms with Gasteiger partial charge in [0.15, 0.2) is 0 Å². The molecule has 0 spiro atoms. The molecule has 0 saturated heterocycles. The van der Waals surface area contributed by atoms with Crippen LogP contribution in [0.25, 0.3) is 11.1 Å². The Bertz CT molecular complexity index is 582. The molecule has 0 unspecified atom stereocenters. The summed E-state index contributed by atoms with van der Waals surface area (Å²) in [6.45, 7) is 0. The van der Waals surface area contributed by atoms with Crippen LogP contribution in [0.3, 0.4) is 0 Å². The van der Waals surface area contributed by atoms with Crippen LogP contribution in [0.2, 0.25) is 0 Å². The minimum absolute atomic E-state index is 0.524. The lowest BCUT2D eigenvalue weighted by atomic mass is 10.1. The molecule has 2 amide bonds. The second-order valence-electron chi connectivity index (χ2n) is 3.61. The van der Waals surface area contributed by atoms with E-state index in [1.54, 1.807) is 30.3 Å². The highest BCUT2D eigenvalue weighted by Crippen LogP contribution is 2.20. The average Bonchev–Trinajstić information content (AvgIpc) is 2.46. The Morgan fingerprint density at radius 2 is 1.84 bits per heavy atom. The Balaban J connectivity index is 2.07. The van der Waals surface area contributed by atoms with Crippen LogP contribution in [0.5, 0.6) is 0 Å². The molecule has 0 atom stereocenters. The van der Waals surface area contributed by atoms with Crippen LogP contribution in [-0.4, -0.2) is 11.0 Å². The predicted octanol–water partition coefficient (Wildman–Crippen LogP) is 2.96. The van der Waals surface area contributed by atoms with Crippen molar-refractivity contribution >= 4 is 11.7 Å². The van der Waals surface area contributed by atoms with Crippen molar-refractivity contribution in [2.45, 2.75) is 0 Å². The normalized spacial score (nSPS) is 9.74. The monoisotopic (exact) mass is 259 g/mol. The van der Waals surface area contributed by atoms with E-state index in [9.17, 15) is 9.18 Å². The molecule has 3 N–H and O–H groups in total. The maximum Gasteiger partial charge on any atom is 0.377 e. The molecule has 1 aromatic heterocycles. The van der Waals surface area contributed by atoms with Crippen LogP contribution >= 0.6 is 0 Å². The SMILES string of the molecule is N=NC(=O)NNc1ccc(-c2ccc(F)nc2)cc1. The molecule has 6 nitrogen and oxygen atoms in total. The summed E-state index contributed by atoms with van der Waals surface area (Å²) in [6.07, 6.45) is 1.44. The molecule has 7 heteroatoms. The fourth-order valence-electron chi connectivity index (χ4n) is 1.45. The Hall–Kier alpha value is -2.83. The Kier molecular flexibility index (Phi) is 3.77. The first-order valence-electron chi connectivity index (χ1n) is 5.34. The van der Waals surface area contributed by atoms with E-state index in [-0.39, 0.29) is 0 Å². The van der Waals surface area contributed by atoms with E-state index >= 15 is 0 Å². The van der Waals surface area contributed by atoms with Crippen LogP contribution in [0, 0.1) is 11.5 Å². The van der Waals surface area contributed by atoms with E-state index in [4.69, 9.17) is 5.53 Å². The van der Waals surface area contributed by atoms with E-state index in [1.807, 2.05) is 0 Å². The lowest BCUT2D eigenvalue weighted by Crippen LogP contribution is -2.25. The number of pyridine rings is 1. The van der Waals surface area contributed by atoms with Crippen LogP contribution in [0.15, 0.2) is 47.7 Å². The van der Waals surface area contributed by atoms with Gasteiger partial charge >= 0.3 is 6.03 Å². The van der Waals surface area contributed by atoms with Gasteiger partial charge in [-0.1, -0.05) is 17.2 Å². The number of aromatic nitrogens is 1. The van der Waals surface area contributed by atoms with E-state index in [2.05, 4.69) is 20.9 Å². The van der Waals surface area contributed by atoms with Crippen molar-refractivity contribution in [1.82, 2.24) is 10.4 Å². The van der Waals surface area contributed by atoms with E-state index in [0.29, 0.717) is 5.69 Å². The van der Waals surface area contributed by atoms with Crippen molar-refractivity contribution in [3.8, 4) is 11.1 Å². The molecular formula is C12H10FN5O. The molecule has 0 fully saturated rings. The predicted molar refractivity (Wildman–Crippen MR) is 66.9 cm³/mol. The minimum Gasteiger partial charge on any atom is -0.297 e. The smallest absolute Gasteiger partial charge is 0.297 e. The summed E-state index contributed by atoms with van der Waals surface area (Å²) in [6, 6.07) is 9.17. The van der Waals surface area contributed by atoms with Crippen molar-refractivity contribution in [2.75, 3.05) is 5.43 Å². The highest BCUT2D eigenvalue weighted by atomic mass is 19.1. The maximum atomic E-state index is 12.7. The molecule has 19 heavy (non-hydrogen) atoms. The van der Waals surface area contributed by atoms with Crippen molar-refractivity contribution in [3.63, 3.8) is 0 Å². The van der Waals surface area contributed by atoms with Gasteiger partial charge in [-0.15, -0.1) is 0 Å². The molecule has 96 valence electrons. The standard InChI is InChI=1S/C12H10FN5O/c13-11-6-3-9(7-15-11)8-1-4-10(5-2-8)17-18-12(19)16-14/h1-7,14,17H,(H,18,19). The lowest BCUT2D eigenvalue weighted by Gasteiger charge is -2.06. The van der Waals surface area contributed by atoms with Gasteiger partial charge in [-0.05, 0) is 29.8 Å². The number of hydrogen-bond donors (Lipinski definition) is 3. The first kappa shape index (κ1) is 12.6. The highest BCUT2D eigenvalue weighted by Gasteiger charge is 2.00. The quantitative estimate of drug-likeness (QED) is 0.449. The number of hydrogen-bond acceptors (Lipinski definition) is 4. The van der Waals surface area contributed by atoms with Crippen molar-refractivity contribution < 1.29 is 9.18 Å². The topological polar surface area (TPSA) is 90.2 Å². The fourth-order valence-corrected chi connectivity index (χ4v) is 1.45. The number of hydrazine groups is 1. The third-order valence-corrected chi connectivity index (χ3v) is 2.36. The first-order valence-corrected chi connectivity index (χ1v) is 5.34. The summed E-state index contributed by atoms with van der Waals surface area (Å²) in [7, 11) is 0. The zero-order chi connectivity index (χ0) is 13.7. The number of nitrogens with zero attached hydrogens (tertiary/aromatic N) is 2. The van der Waals surface area contributed by atoms with Crippen molar-refractivity contribution in [1.29, 1.82) is 5.53 Å². The van der Waals surface area contributed by atoms with Crippen molar-refractivity contribution in [3.05, 3.63) is 48.5 Å². The van der Waals surface area contributed by atoms with E-state index in [0.717, 1.165) is 11.1 Å². The lowest BCUT2D eigenvalue weighted by molar-refractivity contribution is 0.249. The van der Waals surface area contributed by atoms with E-state index in [1.165, 1.54) is 12.3 Å². The summed E-state index contributed by atoms with van der Waals surface area (Å²) in [5.41, 5.74) is 13.6. The van der Waals surface area contributed by atoms with Gasteiger partial charge in [-0.2, -0.15) is 9.92 Å². The van der Waals surface area contributed by atoms with Gasteiger partial charge in [-0.3, -0.25) is 5.43 Å². The zero-order valence-electron chi connectivity index (χ0n) is 9.72. The Morgan fingerprint density at radius 3 is 2.42 bits per heavy atom. The molecule has 0 aliphatic rings. The summed E-state index contributed by atoms with van der Waals surface area (Å²) in [5, 5.41) is 2.67. The molecule has 0 saturated carbocycles. The number of carbonyl (C=O) groups is 1. The third-order valence-electron chi connectivity index (χ3n) is 2.36. The molecule has 0 aliphatic carbocycles. The Labute approximate surface area is 108 Å². The van der Waals surface area contributed by atoms with Gasteiger partial charge in [0.05, 0.1) is 5.69 Å². The molecule has 1 aromatic carbocycles. The molecule has 0 aliphatic heterocycles. The molecule has 0 bridgehead atoms.